The molecule has 0 saturated carbocycles. The van der Waals surface area contributed by atoms with Crippen LogP contribution in [0.2, 0.25) is 5.04 Å². The van der Waals surface area contributed by atoms with Crippen LogP contribution in [-0.4, -0.2) is 32.6 Å². The van der Waals surface area contributed by atoms with E-state index in [1.165, 1.54) is 10.4 Å². The van der Waals surface area contributed by atoms with Crippen LogP contribution < -0.4 is 15.7 Å². The van der Waals surface area contributed by atoms with E-state index in [0.717, 1.165) is 19.0 Å². The number of rotatable bonds is 6. The molecule has 0 amide bonds. The predicted molar refractivity (Wildman–Crippen MR) is 122 cm³/mol. The topological polar surface area (TPSA) is 21.3 Å². The maximum absolute atomic E-state index is 7.14. The van der Waals surface area contributed by atoms with Crippen molar-refractivity contribution in [3.05, 3.63) is 60.7 Å². The van der Waals surface area contributed by atoms with Gasteiger partial charge in [0.2, 0.25) is 0 Å². The van der Waals surface area contributed by atoms with Crippen molar-refractivity contribution in [2.75, 3.05) is 19.0 Å². The maximum atomic E-state index is 7.14. The smallest absolute Gasteiger partial charge is 0.261 e. The molecule has 2 aromatic carbocycles. The molecule has 1 aliphatic heterocycles. The molecule has 2 aromatic rings. The molecule has 0 spiro atoms. The molecule has 0 bridgehead atoms. The Morgan fingerprint density at radius 3 is 1.85 bits per heavy atom. The molecule has 1 atom stereocenters. The van der Waals surface area contributed by atoms with Crippen LogP contribution in [0.25, 0.3) is 0 Å². The highest BCUT2D eigenvalue weighted by molar-refractivity contribution is 8.00. The molecule has 2 nitrogen and oxygen atoms in total. The zero-order valence-electron chi connectivity index (χ0n) is 17.3. The highest BCUT2D eigenvalue weighted by atomic mass is 32.2. The van der Waals surface area contributed by atoms with Crippen LogP contribution in [0.5, 0.6) is 0 Å². The summed E-state index contributed by atoms with van der Waals surface area (Å²) in [5.74, 6) is 1.05. The zero-order valence-corrected chi connectivity index (χ0v) is 19.1. The van der Waals surface area contributed by atoms with Gasteiger partial charge in [-0.1, -0.05) is 95.3 Å². The molecule has 1 heterocycles. The average Bonchev–Trinajstić information content (AvgIpc) is 3.18. The fourth-order valence-electron chi connectivity index (χ4n) is 4.06. The zero-order chi connectivity index (χ0) is 19.5. The van der Waals surface area contributed by atoms with E-state index in [1.54, 1.807) is 0 Å². The Hall–Kier alpha value is -1.07. The van der Waals surface area contributed by atoms with Crippen molar-refractivity contribution in [2.45, 2.75) is 44.9 Å². The van der Waals surface area contributed by atoms with E-state index in [-0.39, 0.29) is 10.5 Å². The van der Waals surface area contributed by atoms with Gasteiger partial charge in [-0.3, -0.25) is 0 Å². The standard InChI is InChI=1S/C23H33NOSSi/c1-22(2,3)27(19-12-8-6-9-13-19,20-14-10-7-11-15-20)25-17-23(4,5)21-16-24-18-26-21/h6-15,21,24H,16-18H2,1-5H3. The van der Waals surface area contributed by atoms with E-state index in [2.05, 4.69) is 101 Å². The highest BCUT2D eigenvalue weighted by Crippen LogP contribution is 2.40. The Kier molecular flexibility index (Phi) is 6.21. The Morgan fingerprint density at radius 1 is 0.926 bits per heavy atom. The van der Waals surface area contributed by atoms with Crippen LogP contribution in [0.4, 0.5) is 0 Å². The lowest BCUT2D eigenvalue weighted by Crippen LogP contribution is -2.67. The lowest BCUT2D eigenvalue weighted by atomic mass is 9.90. The largest absolute Gasteiger partial charge is 0.407 e. The van der Waals surface area contributed by atoms with Gasteiger partial charge in [0.1, 0.15) is 0 Å². The van der Waals surface area contributed by atoms with Crippen molar-refractivity contribution in [3.8, 4) is 0 Å². The SMILES string of the molecule is CC(C)(CO[Si](c1ccccc1)(c1ccccc1)C(C)(C)C)C1CNCS1. The number of nitrogens with one attached hydrogen (secondary N) is 1. The van der Waals surface area contributed by atoms with E-state index in [1.807, 2.05) is 11.8 Å². The average molecular weight is 400 g/mol. The van der Waals surface area contributed by atoms with Crippen LogP contribution in [-0.2, 0) is 4.43 Å². The van der Waals surface area contributed by atoms with Gasteiger partial charge in [0.05, 0.1) is 0 Å². The molecule has 1 unspecified atom stereocenters. The molecule has 0 radical (unpaired) electrons. The van der Waals surface area contributed by atoms with Crippen LogP contribution in [0, 0.1) is 5.41 Å². The van der Waals surface area contributed by atoms with Gasteiger partial charge in [0.15, 0.2) is 0 Å². The Morgan fingerprint density at radius 2 is 1.44 bits per heavy atom. The second-order valence-corrected chi connectivity index (χ2v) is 14.7. The molecule has 3 rings (SSSR count). The third-order valence-electron chi connectivity index (χ3n) is 5.67. The number of hydrogen-bond acceptors (Lipinski definition) is 3. The van der Waals surface area contributed by atoms with E-state index in [9.17, 15) is 0 Å². The minimum Gasteiger partial charge on any atom is -0.407 e. The molecule has 0 aromatic heterocycles. The van der Waals surface area contributed by atoms with Gasteiger partial charge in [0, 0.05) is 24.3 Å². The molecule has 1 N–H and O–H groups in total. The minimum absolute atomic E-state index is 0.0346. The van der Waals surface area contributed by atoms with Crippen molar-refractivity contribution < 1.29 is 4.43 Å². The molecule has 1 saturated heterocycles. The van der Waals surface area contributed by atoms with Gasteiger partial charge in [-0.2, -0.15) is 0 Å². The molecule has 1 fully saturated rings. The van der Waals surface area contributed by atoms with Crippen molar-refractivity contribution in [2.24, 2.45) is 5.41 Å². The first kappa shape index (κ1) is 20.7. The molecule has 4 heteroatoms. The van der Waals surface area contributed by atoms with Crippen molar-refractivity contribution in [3.63, 3.8) is 0 Å². The number of benzene rings is 2. The van der Waals surface area contributed by atoms with E-state index in [0.29, 0.717) is 5.25 Å². The summed E-state index contributed by atoms with van der Waals surface area (Å²) in [6.07, 6.45) is 0. The summed E-state index contributed by atoms with van der Waals surface area (Å²) in [7, 11) is -2.44. The summed E-state index contributed by atoms with van der Waals surface area (Å²) in [4.78, 5) is 0. The van der Waals surface area contributed by atoms with Crippen molar-refractivity contribution in [1.29, 1.82) is 0 Å². The van der Waals surface area contributed by atoms with E-state index < -0.39 is 8.32 Å². The molecule has 1 aliphatic rings. The quantitative estimate of drug-likeness (QED) is 0.734. The Labute approximate surface area is 170 Å². The summed E-state index contributed by atoms with van der Waals surface area (Å²) in [6.45, 7) is 13.6. The monoisotopic (exact) mass is 399 g/mol. The van der Waals surface area contributed by atoms with Crippen LogP contribution in [0.3, 0.4) is 0 Å². The van der Waals surface area contributed by atoms with Gasteiger partial charge >= 0.3 is 0 Å². The molecule has 146 valence electrons. The third-order valence-corrected chi connectivity index (χ3v) is 12.2. The van der Waals surface area contributed by atoms with Gasteiger partial charge in [-0.15, -0.1) is 11.8 Å². The first-order valence-electron chi connectivity index (χ1n) is 9.85. The Bertz CT molecular complexity index is 682. The maximum Gasteiger partial charge on any atom is 0.261 e. The lowest BCUT2D eigenvalue weighted by molar-refractivity contribution is 0.168. The van der Waals surface area contributed by atoms with Gasteiger partial charge in [-0.05, 0) is 20.8 Å². The van der Waals surface area contributed by atoms with Crippen LogP contribution in [0.15, 0.2) is 60.7 Å². The molecular formula is C23H33NOSSi. The van der Waals surface area contributed by atoms with Crippen LogP contribution >= 0.6 is 11.8 Å². The second kappa shape index (κ2) is 8.12. The minimum atomic E-state index is -2.44. The number of hydrogen-bond donors (Lipinski definition) is 1. The van der Waals surface area contributed by atoms with Gasteiger partial charge in [0.25, 0.3) is 8.32 Å². The normalized spacial score (nSPS) is 18.6. The molecule has 27 heavy (non-hydrogen) atoms. The second-order valence-electron chi connectivity index (χ2n) is 9.19. The summed E-state index contributed by atoms with van der Waals surface area (Å²) in [6, 6.07) is 21.9. The summed E-state index contributed by atoms with van der Waals surface area (Å²) < 4.78 is 7.14. The van der Waals surface area contributed by atoms with Gasteiger partial charge < -0.3 is 9.74 Å². The van der Waals surface area contributed by atoms with Crippen molar-refractivity contribution >= 4 is 30.5 Å². The number of thioether (sulfide) groups is 1. The lowest BCUT2D eigenvalue weighted by Gasteiger charge is -2.45. The summed E-state index contributed by atoms with van der Waals surface area (Å²) in [5.41, 5.74) is 0.126. The van der Waals surface area contributed by atoms with Gasteiger partial charge in [-0.25, -0.2) is 0 Å². The molecular weight excluding hydrogens is 366 g/mol. The van der Waals surface area contributed by atoms with E-state index >= 15 is 0 Å². The third kappa shape index (κ3) is 4.19. The highest BCUT2D eigenvalue weighted by Gasteiger charge is 2.51. The fourth-order valence-corrected chi connectivity index (χ4v) is 9.99. The molecule has 0 aliphatic carbocycles. The summed E-state index contributed by atoms with van der Waals surface area (Å²) in [5, 5.41) is 6.83. The Balaban J connectivity index is 2.04. The first-order chi connectivity index (χ1) is 12.8. The fraction of sp³-hybridized carbons (Fsp3) is 0.478. The van der Waals surface area contributed by atoms with Crippen molar-refractivity contribution in [1.82, 2.24) is 5.32 Å². The van der Waals surface area contributed by atoms with E-state index in [4.69, 9.17) is 4.43 Å². The summed E-state index contributed by atoms with van der Waals surface area (Å²) >= 11 is 2.02. The predicted octanol–water partition coefficient (Wildman–Crippen LogP) is 4.25. The van der Waals surface area contributed by atoms with Crippen LogP contribution in [0.1, 0.15) is 34.6 Å². The first-order valence-corrected chi connectivity index (χ1v) is 12.8.